The number of hydrogen-bond acceptors (Lipinski definition) is 6. The van der Waals surface area contributed by atoms with Gasteiger partial charge in [-0.15, -0.1) is 10.2 Å². The minimum atomic E-state index is 0.420. The fourth-order valence-electron chi connectivity index (χ4n) is 1.05. The Hall–Kier alpha value is -1.27. The number of thioether (sulfide) groups is 1. The Morgan fingerprint density at radius 3 is 3.07 bits per heavy atom. The summed E-state index contributed by atoms with van der Waals surface area (Å²) in [4.78, 5) is 0. The van der Waals surface area contributed by atoms with E-state index in [-0.39, 0.29) is 0 Å². The molecule has 2 aromatic rings. The smallest absolute Gasteiger partial charge is 0.283 e. The van der Waals surface area contributed by atoms with Gasteiger partial charge in [-0.05, 0) is 12.1 Å². The zero-order valence-corrected chi connectivity index (χ0v) is 8.87. The highest BCUT2D eigenvalue weighted by Gasteiger charge is 2.10. The highest BCUT2D eigenvalue weighted by molar-refractivity contribution is 7.98. The van der Waals surface area contributed by atoms with Gasteiger partial charge in [-0.2, -0.15) is 11.8 Å². The lowest BCUT2D eigenvalue weighted by molar-refractivity contribution is 0.494. The van der Waals surface area contributed by atoms with Gasteiger partial charge in [0.25, 0.3) is 5.89 Å². The number of hydrogen-bond donors (Lipinski definition) is 1. The van der Waals surface area contributed by atoms with Crippen molar-refractivity contribution in [3.05, 3.63) is 24.3 Å². The number of rotatable bonds is 5. The van der Waals surface area contributed by atoms with Crippen molar-refractivity contribution in [2.45, 2.75) is 5.75 Å². The van der Waals surface area contributed by atoms with E-state index in [4.69, 9.17) is 14.6 Å². The maximum Gasteiger partial charge on any atom is 0.283 e. The van der Waals surface area contributed by atoms with Gasteiger partial charge in [-0.3, -0.25) is 0 Å². The van der Waals surface area contributed by atoms with Gasteiger partial charge in [0, 0.05) is 12.3 Å². The zero-order chi connectivity index (χ0) is 10.5. The van der Waals surface area contributed by atoms with Crippen molar-refractivity contribution in [2.75, 3.05) is 12.3 Å². The van der Waals surface area contributed by atoms with E-state index in [0.29, 0.717) is 29.8 Å². The molecule has 2 N–H and O–H groups in total. The van der Waals surface area contributed by atoms with Gasteiger partial charge in [0.2, 0.25) is 5.89 Å². The van der Waals surface area contributed by atoms with E-state index >= 15 is 0 Å². The molecule has 0 fully saturated rings. The molecular weight excluding hydrogens is 214 g/mol. The van der Waals surface area contributed by atoms with E-state index in [1.165, 1.54) is 0 Å². The standard InChI is InChI=1S/C9H11N3O2S/c10-3-5-15-6-8-11-12-9(14-8)7-2-1-4-13-7/h1-2,4H,3,5-6,10H2. The van der Waals surface area contributed by atoms with Crippen LogP contribution in [0.3, 0.4) is 0 Å². The molecule has 0 aromatic carbocycles. The SMILES string of the molecule is NCCSCc1nnc(-c2ccco2)o1. The summed E-state index contributed by atoms with van der Waals surface area (Å²) in [5.74, 6) is 3.18. The van der Waals surface area contributed by atoms with Crippen LogP contribution in [0.5, 0.6) is 0 Å². The average Bonchev–Trinajstić information content (AvgIpc) is 2.87. The van der Waals surface area contributed by atoms with Crippen LogP contribution in [0.1, 0.15) is 5.89 Å². The van der Waals surface area contributed by atoms with Crippen LogP contribution < -0.4 is 5.73 Å². The summed E-state index contributed by atoms with van der Waals surface area (Å²) < 4.78 is 10.5. The Kier molecular flexibility index (Phi) is 3.41. The molecule has 0 radical (unpaired) electrons. The van der Waals surface area contributed by atoms with Gasteiger partial charge in [0.1, 0.15) is 0 Å². The van der Waals surface area contributed by atoms with Crippen LogP contribution in [-0.4, -0.2) is 22.5 Å². The second-order valence-electron chi connectivity index (χ2n) is 2.82. The van der Waals surface area contributed by atoms with Gasteiger partial charge in [0.15, 0.2) is 5.76 Å². The summed E-state index contributed by atoms with van der Waals surface area (Å²) in [7, 11) is 0. The number of aromatic nitrogens is 2. The molecule has 0 saturated heterocycles. The minimum absolute atomic E-state index is 0.420. The quantitative estimate of drug-likeness (QED) is 0.777. The van der Waals surface area contributed by atoms with Crippen molar-refractivity contribution in [1.29, 1.82) is 0 Å². The second kappa shape index (κ2) is 4.99. The first-order chi connectivity index (χ1) is 7.40. The lowest BCUT2D eigenvalue weighted by Crippen LogP contribution is -2.01. The van der Waals surface area contributed by atoms with E-state index in [1.807, 2.05) is 0 Å². The van der Waals surface area contributed by atoms with Crippen LogP contribution in [0.2, 0.25) is 0 Å². The van der Waals surface area contributed by atoms with Gasteiger partial charge in [-0.25, -0.2) is 0 Å². The summed E-state index contributed by atoms with van der Waals surface area (Å²) in [6, 6.07) is 3.56. The molecular formula is C9H11N3O2S. The Morgan fingerprint density at radius 1 is 1.40 bits per heavy atom. The molecule has 0 aliphatic carbocycles. The largest absolute Gasteiger partial charge is 0.459 e. The Balaban J connectivity index is 1.98. The molecule has 2 aromatic heterocycles. The van der Waals surface area contributed by atoms with Crippen molar-refractivity contribution in [1.82, 2.24) is 10.2 Å². The fourth-order valence-corrected chi connectivity index (χ4v) is 1.66. The Bertz CT molecular complexity index is 399. The maximum absolute atomic E-state index is 5.40. The third-order valence-electron chi connectivity index (χ3n) is 1.69. The zero-order valence-electron chi connectivity index (χ0n) is 8.05. The predicted octanol–water partition coefficient (Wildman–Crippen LogP) is 1.52. The molecule has 80 valence electrons. The first kappa shape index (κ1) is 10.3. The van der Waals surface area contributed by atoms with Crippen LogP contribution in [0.25, 0.3) is 11.7 Å². The molecule has 0 bridgehead atoms. The number of nitrogens with two attached hydrogens (primary N) is 1. The van der Waals surface area contributed by atoms with E-state index in [2.05, 4.69) is 10.2 Å². The molecule has 2 heterocycles. The molecule has 0 unspecified atom stereocenters. The van der Waals surface area contributed by atoms with E-state index in [9.17, 15) is 0 Å². The van der Waals surface area contributed by atoms with E-state index in [0.717, 1.165) is 5.75 Å². The summed E-state index contributed by atoms with van der Waals surface area (Å²) >= 11 is 1.67. The first-order valence-corrected chi connectivity index (χ1v) is 5.69. The third kappa shape index (κ3) is 2.60. The first-order valence-electron chi connectivity index (χ1n) is 4.54. The molecule has 0 atom stereocenters. The summed E-state index contributed by atoms with van der Waals surface area (Å²) in [6.07, 6.45) is 1.57. The minimum Gasteiger partial charge on any atom is -0.459 e. The second-order valence-corrected chi connectivity index (χ2v) is 3.92. The van der Waals surface area contributed by atoms with E-state index < -0.39 is 0 Å². The van der Waals surface area contributed by atoms with Gasteiger partial charge < -0.3 is 14.6 Å². The van der Waals surface area contributed by atoms with Crippen LogP contribution in [0, 0.1) is 0 Å². The Labute approximate surface area is 91.0 Å². The normalized spacial score (nSPS) is 10.7. The number of furan rings is 1. The van der Waals surface area contributed by atoms with Crippen molar-refractivity contribution in [3.63, 3.8) is 0 Å². The van der Waals surface area contributed by atoms with Crippen molar-refractivity contribution < 1.29 is 8.83 Å². The van der Waals surface area contributed by atoms with Crippen LogP contribution in [0.15, 0.2) is 27.2 Å². The van der Waals surface area contributed by atoms with Crippen molar-refractivity contribution >= 4 is 11.8 Å². The van der Waals surface area contributed by atoms with Gasteiger partial charge in [0.05, 0.1) is 12.0 Å². The molecule has 0 saturated carbocycles. The van der Waals surface area contributed by atoms with E-state index in [1.54, 1.807) is 30.2 Å². The lowest BCUT2D eigenvalue weighted by Gasteiger charge is -1.92. The van der Waals surface area contributed by atoms with Crippen molar-refractivity contribution in [3.8, 4) is 11.7 Å². The van der Waals surface area contributed by atoms with Crippen LogP contribution >= 0.6 is 11.8 Å². The molecule has 2 rings (SSSR count). The molecule has 6 heteroatoms. The lowest BCUT2D eigenvalue weighted by atomic mass is 10.5. The summed E-state index contributed by atoms with van der Waals surface area (Å²) in [5.41, 5.74) is 5.37. The summed E-state index contributed by atoms with van der Waals surface area (Å²) in [5, 5.41) is 7.79. The highest BCUT2D eigenvalue weighted by Crippen LogP contribution is 2.19. The summed E-state index contributed by atoms with van der Waals surface area (Å²) in [6.45, 7) is 0.657. The molecule has 15 heavy (non-hydrogen) atoms. The van der Waals surface area contributed by atoms with Crippen molar-refractivity contribution in [2.24, 2.45) is 5.73 Å². The van der Waals surface area contributed by atoms with Crippen LogP contribution in [-0.2, 0) is 5.75 Å². The molecule has 5 nitrogen and oxygen atoms in total. The fraction of sp³-hybridized carbons (Fsp3) is 0.333. The maximum atomic E-state index is 5.40. The predicted molar refractivity (Wildman–Crippen MR) is 57.2 cm³/mol. The topological polar surface area (TPSA) is 78.1 Å². The average molecular weight is 225 g/mol. The van der Waals surface area contributed by atoms with Gasteiger partial charge >= 0.3 is 0 Å². The molecule has 0 aliphatic rings. The van der Waals surface area contributed by atoms with Gasteiger partial charge in [-0.1, -0.05) is 0 Å². The molecule has 0 spiro atoms. The highest BCUT2D eigenvalue weighted by atomic mass is 32.2. The Morgan fingerprint density at radius 2 is 2.33 bits per heavy atom. The number of nitrogens with zero attached hydrogens (tertiary/aromatic N) is 2. The van der Waals surface area contributed by atoms with Crippen LogP contribution in [0.4, 0.5) is 0 Å². The third-order valence-corrected chi connectivity index (χ3v) is 2.66. The molecule has 0 aliphatic heterocycles. The monoisotopic (exact) mass is 225 g/mol. The molecule has 0 amide bonds.